The second kappa shape index (κ2) is 5.21. The molecule has 0 radical (unpaired) electrons. The van der Waals surface area contributed by atoms with Gasteiger partial charge in [0, 0.05) is 6.26 Å². The Kier molecular flexibility index (Phi) is 3.61. The number of aromatic nitrogens is 3. The van der Waals surface area contributed by atoms with Crippen LogP contribution in [-0.2, 0) is 9.84 Å². The summed E-state index contributed by atoms with van der Waals surface area (Å²) in [6.07, 6.45) is 2.21. The van der Waals surface area contributed by atoms with Crippen molar-refractivity contribution in [3.63, 3.8) is 0 Å². The molecule has 0 aliphatic heterocycles. The Hall–Kier alpha value is -2.55. The standard InChI is InChI=1S/C11H11N5O3S/c1-20(18,19)8-5-3-2-4-7(8)15-11-9(10(12)17)16-14-6-13-11/h2-6H,1H3,(H2,12,17)(H,13,14,15). The molecule has 0 aliphatic carbocycles. The molecule has 0 bridgehead atoms. The summed E-state index contributed by atoms with van der Waals surface area (Å²) >= 11 is 0. The van der Waals surface area contributed by atoms with Crippen molar-refractivity contribution in [1.82, 2.24) is 15.2 Å². The summed E-state index contributed by atoms with van der Waals surface area (Å²) in [6, 6.07) is 6.23. The highest BCUT2D eigenvalue weighted by Crippen LogP contribution is 2.24. The second-order valence-electron chi connectivity index (χ2n) is 3.91. The molecule has 0 saturated carbocycles. The molecule has 9 heteroatoms. The minimum absolute atomic E-state index is 0.0450. The summed E-state index contributed by atoms with van der Waals surface area (Å²) < 4.78 is 23.4. The van der Waals surface area contributed by atoms with E-state index in [2.05, 4.69) is 20.5 Å². The van der Waals surface area contributed by atoms with Crippen LogP contribution in [-0.4, -0.2) is 35.8 Å². The number of primary amides is 1. The zero-order valence-electron chi connectivity index (χ0n) is 10.4. The van der Waals surface area contributed by atoms with Crippen LogP contribution in [0.2, 0.25) is 0 Å². The van der Waals surface area contributed by atoms with E-state index in [4.69, 9.17) is 5.73 Å². The molecule has 0 atom stereocenters. The number of benzene rings is 1. The first-order chi connectivity index (χ1) is 9.39. The molecule has 0 aliphatic rings. The molecule has 1 heterocycles. The van der Waals surface area contributed by atoms with Gasteiger partial charge in [-0.2, -0.15) is 0 Å². The number of para-hydroxylation sites is 1. The predicted octanol–water partition coefficient (Wildman–Crippen LogP) is 0.118. The van der Waals surface area contributed by atoms with Gasteiger partial charge in [0.15, 0.2) is 21.3 Å². The average molecular weight is 293 g/mol. The molecule has 20 heavy (non-hydrogen) atoms. The Morgan fingerprint density at radius 1 is 1.30 bits per heavy atom. The number of hydrogen-bond acceptors (Lipinski definition) is 7. The fourth-order valence-corrected chi connectivity index (χ4v) is 2.40. The van der Waals surface area contributed by atoms with Gasteiger partial charge in [0.2, 0.25) is 0 Å². The maximum Gasteiger partial charge on any atom is 0.273 e. The van der Waals surface area contributed by atoms with Crippen molar-refractivity contribution in [2.45, 2.75) is 4.90 Å². The average Bonchev–Trinajstić information content (AvgIpc) is 2.38. The molecule has 1 aromatic heterocycles. The lowest BCUT2D eigenvalue weighted by molar-refractivity contribution is 0.0995. The van der Waals surface area contributed by atoms with Crippen molar-refractivity contribution in [3.8, 4) is 0 Å². The normalized spacial score (nSPS) is 11.1. The Balaban J connectivity index is 2.49. The van der Waals surface area contributed by atoms with Crippen LogP contribution < -0.4 is 11.1 Å². The fraction of sp³-hybridized carbons (Fsp3) is 0.0909. The van der Waals surface area contributed by atoms with E-state index >= 15 is 0 Å². The van der Waals surface area contributed by atoms with Gasteiger partial charge < -0.3 is 11.1 Å². The van der Waals surface area contributed by atoms with Gasteiger partial charge in [0.1, 0.15) is 6.33 Å². The van der Waals surface area contributed by atoms with Crippen LogP contribution in [0.4, 0.5) is 11.5 Å². The third kappa shape index (κ3) is 2.88. The molecule has 0 fully saturated rings. The van der Waals surface area contributed by atoms with Gasteiger partial charge in [-0.25, -0.2) is 13.4 Å². The van der Waals surface area contributed by atoms with Crippen molar-refractivity contribution in [2.75, 3.05) is 11.6 Å². The zero-order valence-corrected chi connectivity index (χ0v) is 11.3. The molecule has 2 rings (SSSR count). The lowest BCUT2D eigenvalue weighted by Gasteiger charge is -2.10. The maximum atomic E-state index is 11.7. The summed E-state index contributed by atoms with van der Waals surface area (Å²) in [6.45, 7) is 0. The first-order valence-electron chi connectivity index (χ1n) is 5.43. The van der Waals surface area contributed by atoms with Gasteiger partial charge >= 0.3 is 0 Å². The van der Waals surface area contributed by atoms with Crippen LogP contribution >= 0.6 is 0 Å². The third-order valence-corrected chi connectivity index (χ3v) is 3.55. The van der Waals surface area contributed by atoms with Gasteiger partial charge in [-0.1, -0.05) is 12.1 Å². The van der Waals surface area contributed by atoms with E-state index in [-0.39, 0.29) is 22.1 Å². The van der Waals surface area contributed by atoms with Crippen LogP contribution in [0.3, 0.4) is 0 Å². The summed E-state index contributed by atoms with van der Waals surface area (Å²) in [5, 5.41) is 9.76. The first-order valence-corrected chi connectivity index (χ1v) is 7.32. The van der Waals surface area contributed by atoms with Crippen molar-refractivity contribution in [2.24, 2.45) is 5.73 Å². The van der Waals surface area contributed by atoms with Gasteiger partial charge in [0.05, 0.1) is 10.6 Å². The number of carbonyl (C=O) groups is 1. The van der Waals surface area contributed by atoms with Crippen molar-refractivity contribution >= 4 is 27.2 Å². The smallest absolute Gasteiger partial charge is 0.273 e. The number of amides is 1. The number of nitrogens with one attached hydrogen (secondary N) is 1. The minimum atomic E-state index is -3.43. The molecule has 0 saturated heterocycles. The number of carbonyl (C=O) groups excluding carboxylic acids is 1. The van der Waals surface area contributed by atoms with Crippen LogP contribution in [0.15, 0.2) is 35.5 Å². The molecular formula is C11H11N5O3S. The Bertz CT molecular complexity index is 760. The molecule has 0 spiro atoms. The van der Waals surface area contributed by atoms with E-state index in [1.807, 2.05) is 0 Å². The fourth-order valence-electron chi connectivity index (χ4n) is 1.55. The van der Waals surface area contributed by atoms with Crippen LogP contribution in [0.25, 0.3) is 0 Å². The van der Waals surface area contributed by atoms with Gasteiger partial charge in [-0.05, 0) is 12.1 Å². The monoisotopic (exact) mass is 293 g/mol. The highest BCUT2D eigenvalue weighted by molar-refractivity contribution is 7.90. The topological polar surface area (TPSA) is 128 Å². The number of nitrogens with zero attached hydrogens (tertiary/aromatic N) is 3. The van der Waals surface area contributed by atoms with E-state index in [0.717, 1.165) is 12.6 Å². The second-order valence-corrected chi connectivity index (χ2v) is 5.90. The molecule has 8 nitrogen and oxygen atoms in total. The van der Waals surface area contributed by atoms with Gasteiger partial charge in [-0.3, -0.25) is 4.79 Å². The third-order valence-electron chi connectivity index (χ3n) is 2.39. The van der Waals surface area contributed by atoms with E-state index in [1.165, 1.54) is 6.07 Å². The number of sulfone groups is 1. The van der Waals surface area contributed by atoms with Crippen LogP contribution in [0.1, 0.15) is 10.5 Å². The van der Waals surface area contributed by atoms with Crippen LogP contribution in [0, 0.1) is 0 Å². The number of anilines is 2. The number of hydrogen-bond donors (Lipinski definition) is 2. The molecule has 104 valence electrons. The largest absolute Gasteiger partial charge is 0.364 e. The molecule has 1 amide bonds. The Morgan fingerprint density at radius 3 is 2.65 bits per heavy atom. The summed E-state index contributed by atoms with van der Waals surface area (Å²) in [4.78, 5) is 15.1. The highest BCUT2D eigenvalue weighted by atomic mass is 32.2. The van der Waals surface area contributed by atoms with E-state index in [9.17, 15) is 13.2 Å². The lowest BCUT2D eigenvalue weighted by Crippen LogP contribution is -2.17. The molecule has 3 N–H and O–H groups in total. The zero-order chi connectivity index (χ0) is 14.8. The van der Waals surface area contributed by atoms with E-state index < -0.39 is 15.7 Å². The molecular weight excluding hydrogens is 282 g/mol. The quantitative estimate of drug-likeness (QED) is 0.819. The Labute approximate surface area is 115 Å². The van der Waals surface area contributed by atoms with Gasteiger partial charge in [0.25, 0.3) is 5.91 Å². The number of rotatable bonds is 4. The van der Waals surface area contributed by atoms with E-state index in [0.29, 0.717) is 0 Å². The van der Waals surface area contributed by atoms with Crippen LogP contribution in [0.5, 0.6) is 0 Å². The minimum Gasteiger partial charge on any atom is -0.364 e. The van der Waals surface area contributed by atoms with Gasteiger partial charge in [-0.15, -0.1) is 10.2 Å². The van der Waals surface area contributed by atoms with E-state index in [1.54, 1.807) is 18.2 Å². The van der Waals surface area contributed by atoms with Crippen molar-refractivity contribution < 1.29 is 13.2 Å². The predicted molar refractivity (Wildman–Crippen MR) is 71.2 cm³/mol. The molecule has 0 unspecified atom stereocenters. The number of nitrogens with two attached hydrogens (primary N) is 1. The van der Waals surface area contributed by atoms with Crippen molar-refractivity contribution in [1.29, 1.82) is 0 Å². The summed E-state index contributed by atoms with van der Waals surface area (Å²) in [7, 11) is -3.43. The SMILES string of the molecule is CS(=O)(=O)c1ccccc1Nc1ncnnc1C(N)=O. The molecule has 1 aromatic carbocycles. The van der Waals surface area contributed by atoms with Crippen molar-refractivity contribution in [3.05, 3.63) is 36.3 Å². The lowest BCUT2D eigenvalue weighted by atomic mass is 10.3. The summed E-state index contributed by atoms with van der Waals surface area (Å²) in [5.41, 5.74) is 5.26. The maximum absolute atomic E-state index is 11.7. The Morgan fingerprint density at radius 2 is 2.00 bits per heavy atom. The first kappa shape index (κ1) is 13.9. The molecule has 2 aromatic rings. The highest BCUT2D eigenvalue weighted by Gasteiger charge is 2.16. The summed E-state index contributed by atoms with van der Waals surface area (Å²) in [5.74, 6) is -0.770.